The Morgan fingerprint density at radius 2 is 0.417 bits per heavy atom. The van der Waals surface area contributed by atoms with Crippen molar-refractivity contribution >= 4 is 160 Å². The highest BCUT2D eigenvalue weighted by Crippen LogP contribution is 2.48. The van der Waals surface area contributed by atoms with Crippen LogP contribution in [-0.4, -0.2) is 0 Å². The van der Waals surface area contributed by atoms with Gasteiger partial charge in [0.05, 0.1) is 0 Å². The van der Waals surface area contributed by atoms with Crippen LogP contribution < -0.4 is 0 Å². The molecule has 0 aliphatic carbocycles. The van der Waals surface area contributed by atoms with Crippen LogP contribution in [0.5, 0.6) is 0 Å². The van der Waals surface area contributed by atoms with Gasteiger partial charge >= 0.3 is 0 Å². The lowest BCUT2D eigenvalue weighted by molar-refractivity contribution is 1.61. The number of rotatable bonds is 6. The fraction of sp³-hybridized carbons (Fsp3) is 0. The standard InChI is InChI=1S/3C26H16Br2/c27-19-12-14-22-23(15-19)25(17-7-3-1-4-8-17)21-13-11-20(28)16-24(21)26(22)18-9-5-2-6-10-18;27-25-22-14-12-20(18-9-5-2-6-10-18)16-24(22)26(28)21-13-11-19(15-23(21)25)17-7-3-1-4-8-17;27-19-9-5-7-17(15-19)25-21-11-1-2-12-22(21)26(18-8-6-10-20(28)16-18)24-14-4-3-13-23(24)25/h3*1-16H. The minimum Gasteiger partial charge on any atom is -0.0622 e. The highest BCUT2D eigenvalue weighted by molar-refractivity contribution is 9.11. The van der Waals surface area contributed by atoms with Gasteiger partial charge in [-0.2, -0.15) is 0 Å². The van der Waals surface area contributed by atoms with E-state index in [1.807, 2.05) is 0 Å². The Balaban J connectivity index is 0.000000118. The summed E-state index contributed by atoms with van der Waals surface area (Å²) in [6.45, 7) is 0. The van der Waals surface area contributed by atoms with E-state index in [1.165, 1.54) is 131 Å². The lowest BCUT2D eigenvalue weighted by atomic mass is 9.86. The molecule has 0 atom stereocenters. The second-order valence-corrected chi connectivity index (χ2v) is 25.9. The Morgan fingerprint density at radius 3 is 0.762 bits per heavy atom. The summed E-state index contributed by atoms with van der Waals surface area (Å²) >= 11 is 22.4. The largest absolute Gasteiger partial charge is 0.0622 e. The van der Waals surface area contributed by atoms with Gasteiger partial charge in [-0.15, -0.1) is 0 Å². The zero-order valence-corrected chi connectivity index (χ0v) is 54.5. The molecule has 0 heterocycles. The highest BCUT2D eigenvalue weighted by atomic mass is 79.9. The summed E-state index contributed by atoms with van der Waals surface area (Å²) < 4.78 is 6.64. The van der Waals surface area contributed by atoms with Gasteiger partial charge in [0.25, 0.3) is 0 Å². The second-order valence-electron chi connectivity index (χ2n) is 20.6. The maximum absolute atomic E-state index is 3.88. The number of hydrogen-bond acceptors (Lipinski definition) is 0. The van der Waals surface area contributed by atoms with Gasteiger partial charge in [0.1, 0.15) is 0 Å². The number of fused-ring (bicyclic) bond motifs is 6. The fourth-order valence-corrected chi connectivity index (χ4v) is 14.7. The Kier molecular flexibility index (Phi) is 16.5. The normalized spacial score (nSPS) is 11.2. The van der Waals surface area contributed by atoms with Crippen molar-refractivity contribution < 1.29 is 0 Å². The van der Waals surface area contributed by atoms with E-state index in [0.29, 0.717) is 0 Å². The molecule has 15 aromatic carbocycles. The average molecular weight is 1460 g/mol. The van der Waals surface area contributed by atoms with E-state index in [-0.39, 0.29) is 0 Å². The van der Waals surface area contributed by atoms with E-state index in [4.69, 9.17) is 0 Å². The van der Waals surface area contributed by atoms with E-state index >= 15 is 0 Å². The quantitative estimate of drug-likeness (QED) is 0.146. The molecule has 0 radical (unpaired) electrons. The monoisotopic (exact) mass is 1460 g/mol. The topological polar surface area (TPSA) is 0 Å². The van der Waals surface area contributed by atoms with Gasteiger partial charge in [0.2, 0.25) is 0 Å². The van der Waals surface area contributed by atoms with Crippen molar-refractivity contribution in [2.45, 2.75) is 0 Å². The molecule has 84 heavy (non-hydrogen) atoms. The van der Waals surface area contributed by atoms with Crippen LogP contribution in [0.1, 0.15) is 0 Å². The SMILES string of the molecule is Brc1c2ccc(-c3ccccc3)cc2c(Br)c2ccc(-c3ccccc3)cc12.Brc1ccc2c(-c3ccccc3)c3cc(Br)ccc3c(-c3ccccc3)c2c1.Brc1cccc(-c2c3ccccc3c(-c3cccc(Br)c3)c3ccccc23)c1. The van der Waals surface area contributed by atoms with Crippen LogP contribution in [0.3, 0.4) is 0 Å². The summed E-state index contributed by atoms with van der Waals surface area (Å²) in [5.41, 5.74) is 14.9. The predicted octanol–water partition coefficient (Wildman–Crippen LogP) is 26.6. The van der Waals surface area contributed by atoms with Crippen molar-refractivity contribution in [2.24, 2.45) is 0 Å². The molecule has 0 aromatic heterocycles. The van der Waals surface area contributed by atoms with E-state index in [2.05, 4.69) is 387 Å². The molecule has 0 aliphatic heterocycles. The minimum absolute atomic E-state index is 1.09. The van der Waals surface area contributed by atoms with Crippen molar-refractivity contribution in [3.63, 3.8) is 0 Å². The molecule has 15 rings (SSSR count). The summed E-state index contributed by atoms with van der Waals surface area (Å²) in [6, 6.07) is 104. The van der Waals surface area contributed by atoms with Gasteiger partial charge in [-0.25, -0.2) is 0 Å². The van der Waals surface area contributed by atoms with Gasteiger partial charge in [-0.3, -0.25) is 0 Å². The molecule has 0 amide bonds. The van der Waals surface area contributed by atoms with Crippen molar-refractivity contribution in [3.8, 4) is 66.8 Å². The third-order valence-electron chi connectivity index (χ3n) is 15.5. The van der Waals surface area contributed by atoms with Crippen LogP contribution in [0, 0.1) is 0 Å². The molecule has 0 N–H and O–H groups in total. The maximum atomic E-state index is 3.88. The highest BCUT2D eigenvalue weighted by Gasteiger charge is 2.20. The molecule has 0 unspecified atom stereocenters. The molecular weight excluding hydrogens is 1420 g/mol. The molecule has 0 nitrogen and oxygen atoms in total. The molecule has 0 bridgehead atoms. The van der Waals surface area contributed by atoms with E-state index in [0.717, 1.165) is 26.8 Å². The molecule has 0 fully saturated rings. The third-order valence-corrected chi connectivity index (χ3v) is 19.2. The van der Waals surface area contributed by atoms with Crippen LogP contribution in [0.4, 0.5) is 0 Å². The van der Waals surface area contributed by atoms with E-state index in [9.17, 15) is 0 Å². The lowest BCUT2D eigenvalue weighted by Crippen LogP contribution is -1.91. The van der Waals surface area contributed by atoms with E-state index in [1.54, 1.807) is 0 Å². The van der Waals surface area contributed by atoms with Crippen LogP contribution in [-0.2, 0) is 0 Å². The van der Waals surface area contributed by atoms with Crippen LogP contribution in [0.15, 0.2) is 318 Å². The molecule has 15 aromatic rings. The Labute approximate surface area is 539 Å². The van der Waals surface area contributed by atoms with Crippen LogP contribution >= 0.6 is 95.6 Å². The first-order chi connectivity index (χ1) is 41.2. The molecule has 0 spiro atoms. The third kappa shape index (κ3) is 11.2. The van der Waals surface area contributed by atoms with Crippen molar-refractivity contribution in [1.82, 2.24) is 0 Å². The van der Waals surface area contributed by atoms with E-state index < -0.39 is 0 Å². The average Bonchev–Trinajstić information content (AvgIpc) is 2.00. The molecule has 0 aliphatic rings. The van der Waals surface area contributed by atoms with Gasteiger partial charge in [0.15, 0.2) is 0 Å². The number of hydrogen-bond donors (Lipinski definition) is 0. The van der Waals surface area contributed by atoms with Crippen molar-refractivity contribution in [1.29, 1.82) is 0 Å². The zero-order chi connectivity index (χ0) is 57.3. The summed E-state index contributed by atoms with van der Waals surface area (Å²) in [6.07, 6.45) is 0. The van der Waals surface area contributed by atoms with Gasteiger partial charge < -0.3 is 0 Å². The predicted molar refractivity (Wildman–Crippen MR) is 383 cm³/mol. The molecule has 0 saturated carbocycles. The first-order valence-corrected chi connectivity index (χ1v) is 32.3. The second kappa shape index (κ2) is 24.8. The summed E-state index contributed by atoms with van der Waals surface area (Å²) in [5, 5.41) is 15.0. The Hall–Kier alpha value is -7.26. The van der Waals surface area contributed by atoms with Crippen LogP contribution in [0.2, 0.25) is 0 Å². The number of benzene rings is 15. The Bertz CT molecular complexity index is 4580. The summed E-state index contributed by atoms with van der Waals surface area (Å²) in [4.78, 5) is 0. The first kappa shape index (κ1) is 55.9. The van der Waals surface area contributed by atoms with Gasteiger partial charge in [-0.05, 0) is 224 Å². The lowest BCUT2D eigenvalue weighted by Gasteiger charge is -2.18. The van der Waals surface area contributed by atoms with Crippen molar-refractivity contribution in [3.05, 3.63) is 318 Å². The first-order valence-electron chi connectivity index (χ1n) is 27.5. The molecular formula is C78H48Br6. The maximum Gasteiger partial charge on any atom is 0.0333 e. The summed E-state index contributed by atoms with van der Waals surface area (Å²) in [7, 11) is 0. The minimum atomic E-state index is 1.09. The molecule has 0 saturated heterocycles. The molecule has 402 valence electrons. The molecule has 6 heteroatoms. The fourth-order valence-electron chi connectivity index (χ4n) is 11.8. The van der Waals surface area contributed by atoms with Gasteiger partial charge in [-0.1, -0.05) is 294 Å². The van der Waals surface area contributed by atoms with Gasteiger partial charge in [0, 0.05) is 26.8 Å². The number of halogens is 6. The Morgan fingerprint density at radius 1 is 0.143 bits per heavy atom. The zero-order valence-electron chi connectivity index (χ0n) is 45.0. The van der Waals surface area contributed by atoms with Crippen molar-refractivity contribution in [2.75, 3.05) is 0 Å². The van der Waals surface area contributed by atoms with Crippen LogP contribution in [0.25, 0.3) is 131 Å². The summed E-state index contributed by atoms with van der Waals surface area (Å²) in [5.74, 6) is 0. The smallest absolute Gasteiger partial charge is 0.0333 e.